The van der Waals surface area contributed by atoms with Gasteiger partial charge in [0.05, 0.1) is 4.88 Å². The number of amides is 1. The van der Waals surface area contributed by atoms with Crippen LogP contribution < -0.4 is 5.32 Å². The van der Waals surface area contributed by atoms with E-state index in [2.05, 4.69) is 27.3 Å². The number of nitrogens with zero attached hydrogens (tertiary/aromatic N) is 2. The first-order valence-corrected chi connectivity index (χ1v) is 9.68. The van der Waals surface area contributed by atoms with Gasteiger partial charge < -0.3 is 10.2 Å². The van der Waals surface area contributed by atoms with Crippen LogP contribution in [0.3, 0.4) is 0 Å². The Morgan fingerprint density at radius 1 is 1.17 bits per heavy atom. The van der Waals surface area contributed by atoms with Crippen molar-refractivity contribution in [3.05, 3.63) is 36.5 Å². The number of benzene rings is 1. The van der Waals surface area contributed by atoms with E-state index < -0.39 is 0 Å². The number of rotatable bonds is 4. The topological polar surface area (TPSA) is 45.2 Å². The molecule has 126 valence electrons. The summed E-state index contributed by atoms with van der Waals surface area (Å²) in [6.07, 6.45) is 7.54. The smallest absolute Gasteiger partial charge is 0.225 e. The van der Waals surface area contributed by atoms with Gasteiger partial charge in [0, 0.05) is 31.2 Å². The predicted octanol–water partition coefficient (Wildman–Crippen LogP) is 4.01. The lowest BCUT2D eigenvalue weighted by Crippen LogP contribution is -2.35. The fourth-order valence-electron chi connectivity index (χ4n) is 3.76. The zero-order valence-corrected chi connectivity index (χ0v) is 14.6. The molecule has 0 radical (unpaired) electrons. The Hall–Kier alpha value is -1.88. The van der Waals surface area contributed by atoms with Crippen LogP contribution in [0, 0.1) is 5.92 Å². The van der Waals surface area contributed by atoms with Gasteiger partial charge in [-0.25, -0.2) is 4.98 Å². The molecule has 1 saturated carbocycles. The van der Waals surface area contributed by atoms with E-state index in [-0.39, 0.29) is 5.92 Å². The number of anilines is 1. The van der Waals surface area contributed by atoms with Crippen molar-refractivity contribution in [1.82, 2.24) is 9.88 Å². The second-order valence-corrected chi connectivity index (χ2v) is 7.82. The lowest BCUT2D eigenvalue weighted by atomic mass is 10.1. The maximum Gasteiger partial charge on any atom is 0.225 e. The molecule has 1 saturated heterocycles. The molecular weight excluding hydrogens is 318 g/mol. The summed E-state index contributed by atoms with van der Waals surface area (Å²) in [6.45, 7) is 1.69. The molecule has 2 fully saturated rings. The van der Waals surface area contributed by atoms with Gasteiger partial charge in [-0.1, -0.05) is 54.5 Å². The Kier molecular flexibility index (Phi) is 4.52. The number of thiazole rings is 1. The largest absolute Gasteiger partial charge is 0.357 e. The zero-order chi connectivity index (χ0) is 16.4. The predicted molar refractivity (Wildman–Crippen MR) is 98.1 cm³/mol. The summed E-state index contributed by atoms with van der Waals surface area (Å²) >= 11 is 1.68. The summed E-state index contributed by atoms with van der Waals surface area (Å²) in [6, 6.07) is 10.7. The fraction of sp³-hybridized carbons (Fsp3) is 0.474. The van der Waals surface area contributed by atoms with Crippen molar-refractivity contribution in [2.75, 3.05) is 18.4 Å². The minimum atomic E-state index is 0.285. The molecule has 2 heterocycles. The lowest BCUT2D eigenvalue weighted by Gasteiger charge is -2.20. The van der Waals surface area contributed by atoms with E-state index in [0.717, 1.165) is 37.5 Å². The van der Waals surface area contributed by atoms with Crippen LogP contribution in [0.4, 0.5) is 5.13 Å². The molecule has 1 amide bonds. The Morgan fingerprint density at radius 3 is 2.75 bits per heavy atom. The number of hydrogen-bond acceptors (Lipinski definition) is 4. The quantitative estimate of drug-likeness (QED) is 0.914. The number of carbonyl (C=O) groups excluding carboxylic acids is 1. The molecule has 2 aliphatic rings. The summed E-state index contributed by atoms with van der Waals surface area (Å²) in [5.74, 6) is 0.661. The van der Waals surface area contributed by atoms with Crippen LogP contribution in [0.5, 0.6) is 0 Å². The second kappa shape index (κ2) is 6.93. The maximum atomic E-state index is 12.5. The minimum absolute atomic E-state index is 0.285. The van der Waals surface area contributed by atoms with Gasteiger partial charge in [0.25, 0.3) is 0 Å². The van der Waals surface area contributed by atoms with Crippen LogP contribution in [0.15, 0.2) is 36.5 Å². The van der Waals surface area contributed by atoms with Crippen molar-refractivity contribution in [1.29, 1.82) is 0 Å². The summed E-state index contributed by atoms with van der Waals surface area (Å²) in [5.41, 5.74) is 1.20. The molecule has 4 rings (SSSR count). The summed E-state index contributed by atoms with van der Waals surface area (Å²) in [7, 11) is 0. The van der Waals surface area contributed by atoms with Crippen LogP contribution in [-0.2, 0) is 4.79 Å². The minimum Gasteiger partial charge on any atom is -0.357 e. The number of aromatic nitrogens is 1. The summed E-state index contributed by atoms with van der Waals surface area (Å²) < 4.78 is 0. The first-order valence-electron chi connectivity index (χ1n) is 8.86. The Bertz CT molecular complexity index is 694. The molecule has 1 unspecified atom stereocenters. The molecule has 1 aliphatic heterocycles. The normalized spacial score (nSPS) is 21.3. The zero-order valence-electron chi connectivity index (χ0n) is 13.8. The van der Waals surface area contributed by atoms with Gasteiger partial charge in [0.2, 0.25) is 5.91 Å². The van der Waals surface area contributed by atoms with Gasteiger partial charge in [-0.3, -0.25) is 4.79 Å². The Morgan fingerprint density at radius 2 is 1.96 bits per heavy atom. The van der Waals surface area contributed by atoms with Gasteiger partial charge >= 0.3 is 0 Å². The monoisotopic (exact) mass is 341 g/mol. The highest BCUT2D eigenvalue weighted by Crippen LogP contribution is 2.31. The van der Waals surface area contributed by atoms with Gasteiger partial charge in [-0.2, -0.15) is 0 Å². The third-order valence-electron chi connectivity index (χ3n) is 5.10. The molecule has 4 nitrogen and oxygen atoms in total. The first kappa shape index (κ1) is 15.6. The van der Waals surface area contributed by atoms with Gasteiger partial charge in [0.15, 0.2) is 5.13 Å². The van der Waals surface area contributed by atoms with Crippen molar-refractivity contribution in [3.8, 4) is 10.4 Å². The number of likely N-dealkylation sites (tertiary alicyclic amines) is 1. The van der Waals surface area contributed by atoms with E-state index >= 15 is 0 Å². The van der Waals surface area contributed by atoms with E-state index in [1.54, 1.807) is 11.3 Å². The standard InChI is InChI=1S/C19H23N3OS/c23-18(15-8-4-5-9-15)22-11-10-16(13-22)21-19-20-12-17(24-19)14-6-2-1-3-7-14/h1-3,6-7,12,15-16H,4-5,8-11,13H2,(H,20,21). The maximum absolute atomic E-state index is 12.5. The fourth-order valence-corrected chi connectivity index (χ4v) is 4.66. The highest BCUT2D eigenvalue weighted by atomic mass is 32.1. The third kappa shape index (κ3) is 3.31. The van der Waals surface area contributed by atoms with Gasteiger partial charge in [-0.15, -0.1) is 0 Å². The van der Waals surface area contributed by atoms with Crippen LogP contribution in [-0.4, -0.2) is 34.9 Å². The Labute approximate surface area is 146 Å². The van der Waals surface area contributed by atoms with E-state index in [1.807, 2.05) is 24.4 Å². The molecule has 1 aromatic heterocycles. The Balaban J connectivity index is 1.35. The number of hydrogen-bond donors (Lipinski definition) is 1. The van der Waals surface area contributed by atoms with Crippen LogP contribution in [0.2, 0.25) is 0 Å². The van der Waals surface area contributed by atoms with Gasteiger partial charge in [0.1, 0.15) is 0 Å². The van der Waals surface area contributed by atoms with Crippen molar-refractivity contribution in [3.63, 3.8) is 0 Å². The van der Waals surface area contributed by atoms with Crippen molar-refractivity contribution in [2.45, 2.75) is 38.1 Å². The van der Waals surface area contributed by atoms with Crippen LogP contribution >= 0.6 is 11.3 Å². The molecule has 1 aromatic carbocycles. The second-order valence-electron chi connectivity index (χ2n) is 6.79. The molecule has 1 aliphatic carbocycles. The average Bonchev–Trinajstić information content (AvgIpc) is 3.37. The molecule has 24 heavy (non-hydrogen) atoms. The molecule has 2 aromatic rings. The van der Waals surface area contributed by atoms with Crippen LogP contribution in [0.1, 0.15) is 32.1 Å². The first-order chi connectivity index (χ1) is 11.8. The highest BCUT2D eigenvalue weighted by molar-refractivity contribution is 7.18. The van der Waals surface area contributed by atoms with E-state index in [9.17, 15) is 4.79 Å². The van der Waals surface area contributed by atoms with Gasteiger partial charge in [-0.05, 0) is 24.8 Å². The molecule has 0 spiro atoms. The van der Waals surface area contributed by atoms with E-state index in [0.29, 0.717) is 11.9 Å². The summed E-state index contributed by atoms with van der Waals surface area (Å²) in [4.78, 5) is 20.3. The number of carbonyl (C=O) groups is 1. The third-order valence-corrected chi connectivity index (χ3v) is 6.07. The molecule has 0 bridgehead atoms. The molecular formula is C19H23N3OS. The molecule has 1 atom stereocenters. The van der Waals surface area contributed by atoms with E-state index in [4.69, 9.17) is 0 Å². The summed E-state index contributed by atoms with van der Waals surface area (Å²) in [5, 5.41) is 4.47. The average molecular weight is 341 g/mol. The lowest BCUT2D eigenvalue weighted by molar-refractivity contribution is -0.134. The van der Waals surface area contributed by atoms with Crippen LogP contribution in [0.25, 0.3) is 10.4 Å². The molecule has 5 heteroatoms. The van der Waals surface area contributed by atoms with E-state index in [1.165, 1.54) is 23.3 Å². The van der Waals surface area contributed by atoms with Crippen molar-refractivity contribution < 1.29 is 4.79 Å². The SMILES string of the molecule is O=C(C1CCCC1)N1CCC(Nc2ncc(-c3ccccc3)s2)C1. The van der Waals surface area contributed by atoms with Crippen molar-refractivity contribution >= 4 is 22.4 Å². The highest BCUT2D eigenvalue weighted by Gasteiger charge is 2.32. The van der Waals surface area contributed by atoms with Crippen molar-refractivity contribution in [2.24, 2.45) is 5.92 Å². The number of nitrogens with one attached hydrogen (secondary N) is 1. The molecule has 1 N–H and O–H groups in total.